The molecule has 1 aromatic heterocycles. The predicted octanol–water partition coefficient (Wildman–Crippen LogP) is 2.20. The van der Waals surface area contributed by atoms with E-state index in [2.05, 4.69) is 27.7 Å². The maximum absolute atomic E-state index is 11.7. The van der Waals surface area contributed by atoms with E-state index in [4.69, 9.17) is 0 Å². The second-order valence-corrected chi connectivity index (χ2v) is 4.84. The van der Waals surface area contributed by atoms with Gasteiger partial charge in [-0.05, 0) is 40.6 Å². The largest absolute Gasteiger partial charge is 0.268 e. The quantitative estimate of drug-likeness (QED) is 0.793. The van der Waals surface area contributed by atoms with Crippen molar-refractivity contribution < 1.29 is 0 Å². The van der Waals surface area contributed by atoms with Gasteiger partial charge in [-0.25, -0.2) is 4.68 Å². The third kappa shape index (κ3) is 2.49. The van der Waals surface area contributed by atoms with Gasteiger partial charge in [0.25, 0.3) is 5.56 Å². The summed E-state index contributed by atoms with van der Waals surface area (Å²) in [4.78, 5) is 11.7. The number of aryl methyl sites for hydroxylation is 1. The molecule has 0 saturated carbocycles. The van der Waals surface area contributed by atoms with Crippen LogP contribution in [0.15, 0.2) is 41.3 Å². The molecule has 1 aromatic carbocycles. The van der Waals surface area contributed by atoms with Crippen molar-refractivity contribution in [2.75, 3.05) is 0 Å². The first-order valence-corrected chi connectivity index (χ1v) is 6.02. The van der Waals surface area contributed by atoms with Gasteiger partial charge in [-0.2, -0.15) is 5.10 Å². The Morgan fingerprint density at radius 3 is 2.81 bits per heavy atom. The normalized spacial score (nSPS) is 10.4. The molecular weight excluding hydrogens is 315 g/mol. The van der Waals surface area contributed by atoms with Crippen LogP contribution < -0.4 is 5.56 Å². The highest BCUT2D eigenvalue weighted by atomic mass is 127. The van der Waals surface area contributed by atoms with Gasteiger partial charge in [0, 0.05) is 9.64 Å². The van der Waals surface area contributed by atoms with Crippen LogP contribution in [0.1, 0.15) is 11.1 Å². The average Bonchev–Trinajstić information content (AvgIpc) is 2.25. The first-order valence-electron chi connectivity index (χ1n) is 4.94. The Kier molecular flexibility index (Phi) is 3.38. The van der Waals surface area contributed by atoms with Gasteiger partial charge in [0.2, 0.25) is 0 Å². The Bertz CT molecular complexity index is 563. The Hall–Kier alpha value is -1.17. The summed E-state index contributed by atoms with van der Waals surface area (Å²) in [5.41, 5.74) is 2.24. The summed E-state index contributed by atoms with van der Waals surface area (Å²) in [6.07, 6.45) is 1.69. The van der Waals surface area contributed by atoms with Crippen LogP contribution in [0.5, 0.6) is 0 Å². The molecule has 0 amide bonds. The first kappa shape index (κ1) is 11.3. The molecule has 2 rings (SSSR count). The molecule has 0 bridgehead atoms. The predicted molar refractivity (Wildman–Crippen MR) is 71.5 cm³/mol. The lowest BCUT2D eigenvalue weighted by atomic mass is 10.1. The van der Waals surface area contributed by atoms with Crippen molar-refractivity contribution in [3.63, 3.8) is 0 Å². The SMILES string of the molecule is Cc1ccccc1Cn1ncc(I)cc1=O. The fraction of sp³-hybridized carbons (Fsp3) is 0.167. The molecule has 0 radical (unpaired) electrons. The maximum Gasteiger partial charge on any atom is 0.268 e. The van der Waals surface area contributed by atoms with Crippen LogP contribution in [0.4, 0.5) is 0 Å². The van der Waals surface area contributed by atoms with Crippen molar-refractivity contribution in [2.45, 2.75) is 13.5 Å². The van der Waals surface area contributed by atoms with Crippen LogP contribution >= 0.6 is 22.6 Å². The molecule has 0 aliphatic rings. The lowest BCUT2D eigenvalue weighted by Crippen LogP contribution is -2.23. The molecule has 0 saturated heterocycles. The summed E-state index contributed by atoms with van der Waals surface area (Å²) in [6, 6.07) is 9.60. The zero-order chi connectivity index (χ0) is 11.5. The van der Waals surface area contributed by atoms with E-state index in [0.29, 0.717) is 6.54 Å². The minimum Gasteiger partial charge on any atom is -0.268 e. The number of nitrogens with zero attached hydrogens (tertiary/aromatic N) is 2. The summed E-state index contributed by atoms with van der Waals surface area (Å²) in [5.74, 6) is 0. The van der Waals surface area contributed by atoms with E-state index in [1.807, 2.05) is 31.2 Å². The number of benzene rings is 1. The second kappa shape index (κ2) is 4.78. The van der Waals surface area contributed by atoms with Crippen LogP contribution in [-0.4, -0.2) is 9.78 Å². The number of aromatic nitrogens is 2. The van der Waals surface area contributed by atoms with Gasteiger partial charge < -0.3 is 0 Å². The van der Waals surface area contributed by atoms with E-state index in [-0.39, 0.29) is 5.56 Å². The van der Waals surface area contributed by atoms with E-state index in [1.165, 1.54) is 10.2 Å². The molecular formula is C12H11IN2O. The Labute approximate surface area is 107 Å². The van der Waals surface area contributed by atoms with Gasteiger partial charge >= 0.3 is 0 Å². The summed E-state index contributed by atoms with van der Waals surface area (Å²) >= 11 is 2.08. The van der Waals surface area contributed by atoms with Crippen molar-refractivity contribution in [1.82, 2.24) is 9.78 Å². The lowest BCUT2D eigenvalue weighted by Gasteiger charge is -2.06. The summed E-state index contributed by atoms with van der Waals surface area (Å²) in [5, 5.41) is 4.11. The topological polar surface area (TPSA) is 34.9 Å². The molecule has 0 unspecified atom stereocenters. The number of hydrogen-bond acceptors (Lipinski definition) is 2. The average molecular weight is 326 g/mol. The van der Waals surface area contributed by atoms with Crippen LogP contribution in [0, 0.1) is 10.5 Å². The third-order valence-corrected chi connectivity index (χ3v) is 3.01. The molecule has 4 heteroatoms. The van der Waals surface area contributed by atoms with Gasteiger partial charge in [0.1, 0.15) is 0 Å². The molecule has 2 aromatic rings. The second-order valence-electron chi connectivity index (χ2n) is 3.60. The minimum absolute atomic E-state index is 0.0600. The van der Waals surface area contributed by atoms with Crippen molar-refractivity contribution >= 4 is 22.6 Å². The molecule has 0 atom stereocenters. The van der Waals surface area contributed by atoms with Gasteiger partial charge in [-0.1, -0.05) is 24.3 Å². The zero-order valence-electron chi connectivity index (χ0n) is 8.85. The van der Waals surface area contributed by atoms with Gasteiger partial charge in [0.05, 0.1) is 12.7 Å². The smallest absolute Gasteiger partial charge is 0.268 e. The monoisotopic (exact) mass is 326 g/mol. The molecule has 82 valence electrons. The molecule has 0 aliphatic heterocycles. The van der Waals surface area contributed by atoms with E-state index in [1.54, 1.807) is 12.3 Å². The first-order chi connectivity index (χ1) is 7.66. The third-order valence-electron chi connectivity index (χ3n) is 2.42. The Balaban J connectivity index is 2.35. The minimum atomic E-state index is -0.0600. The van der Waals surface area contributed by atoms with Crippen molar-refractivity contribution in [3.05, 3.63) is 61.6 Å². The van der Waals surface area contributed by atoms with Crippen molar-refractivity contribution in [1.29, 1.82) is 0 Å². The van der Waals surface area contributed by atoms with Gasteiger partial charge in [-0.15, -0.1) is 0 Å². The molecule has 0 N–H and O–H groups in total. The lowest BCUT2D eigenvalue weighted by molar-refractivity contribution is 0.634. The Morgan fingerprint density at radius 1 is 1.38 bits per heavy atom. The number of halogens is 1. The molecule has 1 heterocycles. The number of rotatable bonds is 2. The summed E-state index contributed by atoms with van der Waals surface area (Å²) < 4.78 is 2.34. The van der Waals surface area contributed by atoms with Crippen molar-refractivity contribution in [3.8, 4) is 0 Å². The van der Waals surface area contributed by atoms with Gasteiger partial charge in [-0.3, -0.25) is 4.79 Å². The number of hydrogen-bond donors (Lipinski definition) is 0. The van der Waals surface area contributed by atoms with E-state index in [0.717, 1.165) is 9.13 Å². The highest BCUT2D eigenvalue weighted by molar-refractivity contribution is 14.1. The van der Waals surface area contributed by atoms with E-state index < -0.39 is 0 Å². The zero-order valence-corrected chi connectivity index (χ0v) is 11.0. The highest BCUT2D eigenvalue weighted by Crippen LogP contribution is 2.07. The van der Waals surface area contributed by atoms with Crippen LogP contribution in [0.25, 0.3) is 0 Å². The van der Waals surface area contributed by atoms with Crippen LogP contribution in [0.2, 0.25) is 0 Å². The molecule has 0 aliphatic carbocycles. The summed E-state index contributed by atoms with van der Waals surface area (Å²) in [7, 11) is 0. The fourth-order valence-corrected chi connectivity index (χ4v) is 1.87. The standard InChI is InChI=1S/C12H11IN2O/c1-9-4-2-3-5-10(9)8-15-12(16)6-11(13)7-14-15/h2-7H,8H2,1H3. The van der Waals surface area contributed by atoms with Crippen molar-refractivity contribution in [2.24, 2.45) is 0 Å². The van der Waals surface area contributed by atoms with Gasteiger partial charge in [0.15, 0.2) is 0 Å². The molecule has 0 spiro atoms. The Morgan fingerprint density at radius 2 is 2.12 bits per heavy atom. The van der Waals surface area contributed by atoms with Crippen LogP contribution in [-0.2, 0) is 6.54 Å². The van der Waals surface area contributed by atoms with Crippen LogP contribution in [0.3, 0.4) is 0 Å². The fourth-order valence-electron chi connectivity index (χ4n) is 1.48. The maximum atomic E-state index is 11.7. The molecule has 0 fully saturated rings. The highest BCUT2D eigenvalue weighted by Gasteiger charge is 2.01. The molecule has 3 nitrogen and oxygen atoms in total. The summed E-state index contributed by atoms with van der Waals surface area (Å²) in [6.45, 7) is 2.56. The molecule has 16 heavy (non-hydrogen) atoms. The van der Waals surface area contributed by atoms with E-state index in [9.17, 15) is 4.79 Å². The van der Waals surface area contributed by atoms with E-state index >= 15 is 0 Å².